The lowest BCUT2D eigenvalue weighted by Crippen LogP contribution is -2.00. The number of methoxy groups -OCH3 is 1. The SMILES string of the molecule is COc1cccc(-n2c(N)nc3cc(Cl)ccc32)c1. The van der Waals surface area contributed by atoms with Gasteiger partial charge in [0.2, 0.25) is 5.95 Å². The van der Waals surface area contributed by atoms with Gasteiger partial charge in [-0.05, 0) is 30.3 Å². The number of nitrogens with two attached hydrogens (primary N) is 1. The summed E-state index contributed by atoms with van der Waals surface area (Å²) in [5, 5.41) is 0.641. The monoisotopic (exact) mass is 273 g/mol. The van der Waals surface area contributed by atoms with Gasteiger partial charge in [0.15, 0.2) is 0 Å². The molecule has 0 amide bonds. The molecule has 0 saturated heterocycles. The zero-order valence-corrected chi connectivity index (χ0v) is 11.1. The van der Waals surface area contributed by atoms with E-state index in [0.717, 1.165) is 22.5 Å². The highest BCUT2D eigenvalue weighted by molar-refractivity contribution is 6.31. The highest BCUT2D eigenvalue weighted by Gasteiger charge is 2.10. The molecule has 19 heavy (non-hydrogen) atoms. The fraction of sp³-hybridized carbons (Fsp3) is 0.0714. The molecule has 0 saturated carbocycles. The molecule has 1 aromatic heterocycles. The third kappa shape index (κ3) is 2.00. The van der Waals surface area contributed by atoms with Gasteiger partial charge in [-0.1, -0.05) is 17.7 Å². The molecule has 0 aliphatic heterocycles. The lowest BCUT2D eigenvalue weighted by atomic mass is 10.2. The molecular formula is C14H12ClN3O. The predicted molar refractivity (Wildman–Crippen MR) is 77.0 cm³/mol. The number of hydrogen-bond donors (Lipinski definition) is 1. The number of imidazole rings is 1. The third-order valence-electron chi connectivity index (χ3n) is 2.95. The van der Waals surface area contributed by atoms with Crippen molar-refractivity contribution in [3.63, 3.8) is 0 Å². The minimum atomic E-state index is 0.422. The van der Waals surface area contributed by atoms with Gasteiger partial charge in [-0.3, -0.25) is 4.57 Å². The Morgan fingerprint density at radius 2 is 2.05 bits per heavy atom. The smallest absolute Gasteiger partial charge is 0.205 e. The van der Waals surface area contributed by atoms with Gasteiger partial charge >= 0.3 is 0 Å². The normalized spacial score (nSPS) is 10.8. The van der Waals surface area contributed by atoms with Crippen LogP contribution >= 0.6 is 11.6 Å². The average molecular weight is 274 g/mol. The third-order valence-corrected chi connectivity index (χ3v) is 3.19. The van der Waals surface area contributed by atoms with Gasteiger partial charge in [0.1, 0.15) is 5.75 Å². The second kappa shape index (κ2) is 4.48. The minimum Gasteiger partial charge on any atom is -0.497 e. The van der Waals surface area contributed by atoms with E-state index in [1.807, 2.05) is 41.0 Å². The van der Waals surface area contributed by atoms with Crippen molar-refractivity contribution in [1.29, 1.82) is 0 Å². The van der Waals surface area contributed by atoms with Crippen molar-refractivity contribution >= 4 is 28.6 Å². The molecule has 4 nitrogen and oxygen atoms in total. The molecule has 2 aromatic carbocycles. The lowest BCUT2D eigenvalue weighted by Gasteiger charge is -2.08. The molecule has 2 N–H and O–H groups in total. The summed E-state index contributed by atoms with van der Waals surface area (Å²) in [7, 11) is 1.63. The van der Waals surface area contributed by atoms with Crippen LogP contribution in [0, 0.1) is 0 Å². The summed E-state index contributed by atoms with van der Waals surface area (Å²) in [6, 6.07) is 13.2. The van der Waals surface area contributed by atoms with E-state index in [1.165, 1.54) is 0 Å². The highest BCUT2D eigenvalue weighted by atomic mass is 35.5. The van der Waals surface area contributed by atoms with E-state index in [4.69, 9.17) is 22.1 Å². The number of halogens is 1. The van der Waals surface area contributed by atoms with E-state index in [9.17, 15) is 0 Å². The Balaban J connectivity index is 2.26. The molecule has 0 unspecified atom stereocenters. The second-order valence-corrected chi connectivity index (χ2v) is 4.58. The topological polar surface area (TPSA) is 53.1 Å². The number of nitrogen functional groups attached to an aromatic ring is 1. The van der Waals surface area contributed by atoms with Crippen LogP contribution in [0.3, 0.4) is 0 Å². The van der Waals surface area contributed by atoms with E-state index in [1.54, 1.807) is 13.2 Å². The van der Waals surface area contributed by atoms with Gasteiger partial charge in [0.25, 0.3) is 0 Å². The summed E-state index contributed by atoms with van der Waals surface area (Å²) < 4.78 is 7.10. The van der Waals surface area contributed by atoms with Crippen LogP contribution in [0.4, 0.5) is 5.95 Å². The highest BCUT2D eigenvalue weighted by Crippen LogP contribution is 2.27. The molecule has 3 rings (SSSR count). The Bertz CT molecular complexity index is 752. The number of anilines is 1. The zero-order valence-electron chi connectivity index (χ0n) is 10.3. The number of fused-ring (bicyclic) bond motifs is 1. The lowest BCUT2D eigenvalue weighted by molar-refractivity contribution is 0.414. The molecule has 0 bridgehead atoms. The second-order valence-electron chi connectivity index (χ2n) is 4.14. The number of rotatable bonds is 2. The molecular weight excluding hydrogens is 262 g/mol. The number of ether oxygens (including phenoxy) is 1. The van der Waals surface area contributed by atoms with E-state index < -0.39 is 0 Å². The first-order chi connectivity index (χ1) is 9.19. The Labute approximate surface area is 115 Å². The molecule has 0 atom stereocenters. The zero-order chi connectivity index (χ0) is 13.4. The molecule has 0 radical (unpaired) electrons. The van der Waals surface area contributed by atoms with Crippen LogP contribution in [0.5, 0.6) is 5.75 Å². The maximum Gasteiger partial charge on any atom is 0.205 e. The summed E-state index contributed by atoms with van der Waals surface area (Å²) in [4.78, 5) is 4.32. The van der Waals surface area contributed by atoms with Crippen LogP contribution in [-0.4, -0.2) is 16.7 Å². The number of aromatic nitrogens is 2. The van der Waals surface area contributed by atoms with Crippen LogP contribution in [0.15, 0.2) is 42.5 Å². The molecule has 0 aliphatic rings. The van der Waals surface area contributed by atoms with Crippen LogP contribution < -0.4 is 10.5 Å². The summed E-state index contributed by atoms with van der Waals surface area (Å²) in [5.41, 5.74) is 8.58. The Hall–Kier alpha value is -2.20. The molecule has 96 valence electrons. The first kappa shape index (κ1) is 11.9. The molecule has 0 fully saturated rings. The fourth-order valence-electron chi connectivity index (χ4n) is 2.09. The average Bonchev–Trinajstić information content (AvgIpc) is 2.73. The van der Waals surface area contributed by atoms with Crippen molar-refractivity contribution in [2.75, 3.05) is 12.8 Å². The molecule has 3 aromatic rings. The number of benzene rings is 2. The van der Waals surface area contributed by atoms with Crippen molar-refractivity contribution in [3.05, 3.63) is 47.5 Å². The van der Waals surface area contributed by atoms with Gasteiger partial charge in [0, 0.05) is 11.1 Å². The van der Waals surface area contributed by atoms with Crippen LogP contribution in [-0.2, 0) is 0 Å². The largest absolute Gasteiger partial charge is 0.497 e. The number of nitrogens with zero attached hydrogens (tertiary/aromatic N) is 2. The first-order valence-corrected chi connectivity index (χ1v) is 6.15. The number of hydrogen-bond acceptors (Lipinski definition) is 3. The van der Waals surface area contributed by atoms with E-state index in [0.29, 0.717) is 11.0 Å². The van der Waals surface area contributed by atoms with Crippen LogP contribution in [0.25, 0.3) is 16.7 Å². The van der Waals surface area contributed by atoms with Gasteiger partial charge < -0.3 is 10.5 Å². The van der Waals surface area contributed by atoms with E-state index >= 15 is 0 Å². The molecule has 1 heterocycles. The van der Waals surface area contributed by atoms with Crippen molar-refractivity contribution < 1.29 is 4.74 Å². The van der Waals surface area contributed by atoms with Crippen molar-refractivity contribution in [3.8, 4) is 11.4 Å². The fourth-order valence-corrected chi connectivity index (χ4v) is 2.26. The van der Waals surface area contributed by atoms with Crippen LogP contribution in [0.1, 0.15) is 0 Å². The van der Waals surface area contributed by atoms with Gasteiger partial charge in [-0.15, -0.1) is 0 Å². The summed E-state index contributed by atoms with van der Waals surface area (Å²) in [5.74, 6) is 1.19. The van der Waals surface area contributed by atoms with Crippen LogP contribution in [0.2, 0.25) is 5.02 Å². The summed E-state index contributed by atoms with van der Waals surface area (Å²) >= 11 is 5.96. The van der Waals surface area contributed by atoms with Crippen molar-refractivity contribution in [2.45, 2.75) is 0 Å². The Morgan fingerprint density at radius 1 is 1.21 bits per heavy atom. The van der Waals surface area contributed by atoms with E-state index in [-0.39, 0.29) is 0 Å². The maximum absolute atomic E-state index is 5.99. The van der Waals surface area contributed by atoms with E-state index in [2.05, 4.69) is 4.98 Å². The summed E-state index contributed by atoms with van der Waals surface area (Å²) in [6.45, 7) is 0. The maximum atomic E-state index is 5.99. The van der Waals surface area contributed by atoms with Gasteiger partial charge in [-0.25, -0.2) is 4.98 Å². The minimum absolute atomic E-state index is 0.422. The molecule has 0 aliphatic carbocycles. The Morgan fingerprint density at radius 3 is 2.84 bits per heavy atom. The first-order valence-electron chi connectivity index (χ1n) is 5.77. The standard InChI is InChI=1S/C14H12ClN3O/c1-19-11-4-2-3-10(8-11)18-13-6-5-9(15)7-12(13)17-14(18)16/h2-8H,1H3,(H2,16,17). The molecule has 0 spiro atoms. The predicted octanol–water partition coefficient (Wildman–Crippen LogP) is 3.27. The van der Waals surface area contributed by atoms with Crippen molar-refractivity contribution in [1.82, 2.24) is 9.55 Å². The van der Waals surface area contributed by atoms with Gasteiger partial charge in [0.05, 0.1) is 23.8 Å². The van der Waals surface area contributed by atoms with Gasteiger partial charge in [-0.2, -0.15) is 0 Å². The Kier molecular flexibility index (Phi) is 2.80. The quantitative estimate of drug-likeness (QED) is 0.780. The van der Waals surface area contributed by atoms with Crippen molar-refractivity contribution in [2.24, 2.45) is 0 Å². The summed E-state index contributed by atoms with van der Waals surface area (Å²) in [6.07, 6.45) is 0. The molecule has 5 heteroatoms.